The van der Waals surface area contributed by atoms with Crippen molar-refractivity contribution in [3.8, 4) is 0 Å². The molecule has 0 aliphatic rings. The summed E-state index contributed by atoms with van der Waals surface area (Å²) >= 11 is 9.62. The van der Waals surface area contributed by atoms with Gasteiger partial charge in [-0.25, -0.2) is 4.98 Å². The number of anilines is 1. The molecule has 2 aromatic rings. The highest BCUT2D eigenvalue weighted by Crippen LogP contribution is 2.29. The molecule has 5 heteroatoms. The molecule has 2 rings (SSSR count). The van der Waals surface area contributed by atoms with Crippen molar-refractivity contribution in [2.24, 2.45) is 7.05 Å². The predicted octanol–water partition coefficient (Wildman–Crippen LogP) is 3.76. The van der Waals surface area contributed by atoms with Gasteiger partial charge in [-0.15, -0.1) is 0 Å². The van der Waals surface area contributed by atoms with E-state index in [1.54, 1.807) is 6.33 Å². The van der Waals surface area contributed by atoms with E-state index in [4.69, 9.17) is 11.6 Å². The zero-order chi connectivity index (χ0) is 12.4. The number of hydrogen-bond acceptors (Lipinski definition) is 2. The normalized spacial score (nSPS) is 10.6. The summed E-state index contributed by atoms with van der Waals surface area (Å²) in [5, 5.41) is 4.10. The van der Waals surface area contributed by atoms with Crippen LogP contribution in [-0.2, 0) is 13.6 Å². The van der Waals surface area contributed by atoms with Gasteiger partial charge in [0, 0.05) is 22.7 Å². The van der Waals surface area contributed by atoms with E-state index in [0.717, 1.165) is 26.4 Å². The number of halogens is 2. The third-order valence-corrected chi connectivity index (χ3v) is 3.69. The van der Waals surface area contributed by atoms with Crippen LogP contribution in [0.4, 0.5) is 5.69 Å². The SMILES string of the molecule is Cc1cc(Br)c(NCc2cncn2C)cc1Cl. The number of imidazole rings is 1. The smallest absolute Gasteiger partial charge is 0.0946 e. The molecule has 0 radical (unpaired) electrons. The van der Waals surface area contributed by atoms with Gasteiger partial charge in [0.05, 0.1) is 24.3 Å². The molecule has 0 aliphatic carbocycles. The van der Waals surface area contributed by atoms with Crippen molar-refractivity contribution in [2.75, 3.05) is 5.32 Å². The lowest BCUT2D eigenvalue weighted by Crippen LogP contribution is -2.04. The first-order valence-electron chi connectivity index (χ1n) is 5.22. The summed E-state index contributed by atoms with van der Waals surface area (Å²) in [5.74, 6) is 0. The quantitative estimate of drug-likeness (QED) is 0.935. The fourth-order valence-electron chi connectivity index (χ4n) is 1.52. The van der Waals surface area contributed by atoms with Crippen LogP contribution in [0.3, 0.4) is 0 Å². The van der Waals surface area contributed by atoms with Crippen molar-refractivity contribution in [3.63, 3.8) is 0 Å². The van der Waals surface area contributed by atoms with Gasteiger partial charge >= 0.3 is 0 Å². The molecule has 0 saturated carbocycles. The largest absolute Gasteiger partial charge is 0.378 e. The maximum Gasteiger partial charge on any atom is 0.0946 e. The molecule has 0 bridgehead atoms. The highest BCUT2D eigenvalue weighted by molar-refractivity contribution is 9.10. The van der Waals surface area contributed by atoms with E-state index in [1.165, 1.54) is 0 Å². The molecule has 0 spiro atoms. The van der Waals surface area contributed by atoms with Crippen LogP contribution in [0.25, 0.3) is 0 Å². The molecule has 0 unspecified atom stereocenters. The van der Waals surface area contributed by atoms with Gasteiger partial charge in [0.2, 0.25) is 0 Å². The second kappa shape index (κ2) is 5.10. The number of aromatic nitrogens is 2. The van der Waals surface area contributed by atoms with Crippen LogP contribution in [0.5, 0.6) is 0 Å². The first-order chi connectivity index (χ1) is 8.08. The molecule has 0 saturated heterocycles. The number of nitrogens with zero attached hydrogens (tertiary/aromatic N) is 2. The molecule has 3 nitrogen and oxygen atoms in total. The van der Waals surface area contributed by atoms with Gasteiger partial charge in [0.15, 0.2) is 0 Å². The maximum absolute atomic E-state index is 6.10. The fourth-order valence-corrected chi connectivity index (χ4v) is 2.28. The third-order valence-electron chi connectivity index (χ3n) is 2.62. The van der Waals surface area contributed by atoms with Crippen LogP contribution in [0, 0.1) is 6.92 Å². The highest BCUT2D eigenvalue weighted by Gasteiger charge is 2.05. The van der Waals surface area contributed by atoms with E-state index in [9.17, 15) is 0 Å². The lowest BCUT2D eigenvalue weighted by molar-refractivity contribution is 0.837. The van der Waals surface area contributed by atoms with Gasteiger partial charge in [-0.2, -0.15) is 0 Å². The Morgan fingerprint density at radius 3 is 2.88 bits per heavy atom. The zero-order valence-electron chi connectivity index (χ0n) is 9.67. The minimum absolute atomic E-state index is 0.717. The molecule has 0 amide bonds. The van der Waals surface area contributed by atoms with Gasteiger partial charge in [-0.1, -0.05) is 11.6 Å². The van der Waals surface area contributed by atoms with Gasteiger partial charge in [-0.3, -0.25) is 0 Å². The van der Waals surface area contributed by atoms with Crippen LogP contribution in [0.2, 0.25) is 5.02 Å². The molecular weight excluding hydrogens is 302 g/mol. The molecule has 1 aromatic heterocycles. The molecule has 0 fully saturated rings. The topological polar surface area (TPSA) is 29.9 Å². The molecule has 0 aliphatic heterocycles. The first kappa shape index (κ1) is 12.5. The first-order valence-corrected chi connectivity index (χ1v) is 6.39. The van der Waals surface area contributed by atoms with E-state index < -0.39 is 0 Å². The summed E-state index contributed by atoms with van der Waals surface area (Å²) in [6.07, 6.45) is 3.63. The zero-order valence-corrected chi connectivity index (χ0v) is 12.0. The molecule has 90 valence electrons. The predicted molar refractivity (Wildman–Crippen MR) is 74.4 cm³/mol. The van der Waals surface area contributed by atoms with Gasteiger partial charge < -0.3 is 9.88 Å². The molecular formula is C12H13BrClN3. The Balaban J connectivity index is 2.14. The number of hydrogen-bond donors (Lipinski definition) is 1. The minimum Gasteiger partial charge on any atom is -0.378 e. The van der Waals surface area contributed by atoms with Gasteiger partial charge in [0.1, 0.15) is 0 Å². The van der Waals surface area contributed by atoms with Crippen molar-refractivity contribution >= 4 is 33.2 Å². The van der Waals surface area contributed by atoms with Crippen molar-refractivity contribution in [3.05, 3.63) is 45.4 Å². The van der Waals surface area contributed by atoms with E-state index in [-0.39, 0.29) is 0 Å². The Labute approximate surface area is 114 Å². The van der Waals surface area contributed by atoms with Crippen LogP contribution < -0.4 is 5.32 Å². The Morgan fingerprint density at radius 2 is 2.24 bits per heavy atom. The molecule has 1 heterocycles. The summed E-state index contributed by atoms with van der Waals surface area (Å²) in [4.78, 5) is 4.07. The molecule has 0 atom stereocenters. The summed E-state index contributed by atoms with van der Waals surface area (Å²) < 4.78 is 3.00. The Morgan fingerprint density at radius 1 is 1.47 bits per heavy atom. The van der Waals surface area contributed by atoms with E-state index in [1.807, 2.05) is 36.9 Å². The average molecular weight is 315 g/mol. The number of benzene rings is 1. The monoisotopic (exact) mass is 313 g/mol. The van der Waals surface area contributed by atoms with E-state index in [2.05, 4.69) is 26.2 Å². The number of rotatable bonds is 3. The van der Waals surface area contributed by atoms with Crippen LogP contribution in [-0.4, -0.2) is 9.55 Å². The van der Waals surface area contributed by atoms with Crippen molar-refractivity contribution in [1.29, 1.82) is 0 Å². The van der Waals surface area contributed by atoms with Crippen LogP contribution in [0.15, 0.2) is 29.1 Å². The standard InChI is InChI=1S/C12H13BrClN3/c1-8-3-10(13)12(4-11(8)14)16-6-9-5-15-7-17(9)2/h3-5,7,16H,6H2,1-2H3. The number of nitrogens with one attached hydrogen (secondary N) is 1. The Kier molecular flexibility index (Phi) is 3.74. The van der Waals surface area contributed by atoms with E-state index in [0.29, 0.717) is 6.54 Å². The van der Waals surface area contributed by atoms with E-state index >= 15 is 0 Å². The molecule has 17 heavy (non-hydrogen) atoms. The van der Waals surface area contributed by atoms with Gasteiger partial charge in [-0.05, 0) is 40.5 Å². The number of aryl methyl sites for hydroxylation is 2. The lowest BCUT2D eigenvalue weighted by Gasteiger charge is -2.10. The molecule has 1 aromatic carbocycles. The third kappa shape index (κ3) is 2.82. The van der Waals surface area contributed by atoms with Gasteiger partial charge in [0.25, 0.3) is 0 Å². The average Bonchev–Trinajstić information content (AvgIpc) is 2.68. The fraction of sp³-hybridized carbons (Fsp3) is 0.250. The summed E-state index contributed by atoms with van der Waals surface area (Å²) in [5.41, 5.74) is 3.17. The highest BCUT2D eigenvalue weighted by atomic mass is 79.9. The van der Waals surface area contributed by atoms with Crippen molar-refractivity contribution in [2.45, 2.75) is 13.5 Å². The lowest BCUT2D eigenvalue weighted by atomic mass is 10.2. The van der Waals surface area contributed by atoms with Crippen LogP contribution >= 0.6 is 27.5 Å². The Hall–Kier alpha value is -1.00. The van der Waals surface area contributed by atoms with Crippen molar-refractivity contribution < 1.29 is 0 Å². The molecule has 1 N–H and O–H groups in total. The second-order valence-electron chi connectivity index (χ2n) is 3.93. The maximum atomic E-state index is 6.10. The van der Waals surface area contributed by atoms with Crippen LogP contribution in [0.1, 0.15) is 11.3 Å². The second-order valence-corrected chi connectivity index (χ2v) is 5.19. The summed E-state index contributed by atoms with van der Waals surface area (Å²) in [6, 6.07) is 3.94. The summed E-state index contributed by atoms with van der Waals surface area (Å²) in [7, 11) is 1.97. The minimum atomic E-state index is 0.717. The van der Waals surface area contributed by atoms with Crippen molar-refractivity contribution in [1.82, 2.24) is 9.55 Å². The summed E-state index contributed by atoms with van der Waals surface area (Å²) in [6.45, 7) is 2.70. The Bertz CT molecular complexity index is 537.